The molecule has 21 heavy (non-hydrogen) atoms. The average Bonchev–Trinajstić information content (AvgIpc) is 2.93. The van der Waals surface area contributed by atoms with E-state index in [1.54, 1.807) is 23.8 Å². The number of nitrogens with one attached hydrogen (secondary N) is 1. The Hall–Kier alpha value is -1.53. The van der Waals surface area contributed by atoms with E-state index in [0.29, 0.717) is 18.9 Å². The first-order chi connectivity index (χ1) is 10.1. The molecule has 0 spiro atoms. The number of carbonyl (C=O) groups excluding carboxylic acids is 2. The Morgan fingerprint density at radius 1 is 1.38 bits per heavy atom. The quantitative estimate of drug-likeness (QED) is 0.836. The predicted molar refractivity (Wildman–Crippen MR) is 82.8 cm³/mol. The number of hydrogen-bond acceptors (Lipinski definition) is 4. The molecule has 6 heteroatoms. The zero-order valence-electron chi connectivity index (χ0n) is 12.2. The molecule has 0 saturated carbocycles. The standard InChI is InChI=1S/C15H20N2O3S/c1-11(18)17-13(14(19)16-8-9-20-2)10-21-15(17)12-6-4-3-5-7-12/h3-7,13,15H,8-10H2,1-2H3,(H,16,19). The number of benzene rings is 1. The fourth-order valence-corrected chi connectivity index (χ4v) is 3.84. The minimum absolute atomic E-state index is 0.0826. The van der Waals surface area contributed by atoms with E-state index in [0.717, 1.165) is 5.56 Å². The molecule has 2 unspecified atom stereocenters. The highest BCUT2D eigenvalue weighted by atomic mass is 32.2. The third-order valence-electron chi connectivity index (χ3n) is 3.36. The maximum absolute atomic E-state index is 12.2. The van der Waals surface area contributed by atoms with Gasteiger partial charge in [0.05, 0.1) is 6.61 Å². The van der Waals surface area contributed by atoms with Gasteiger partial charge in [-0.25, -0.2) is 0 Å². The summed E-state index contributed by atoms with van der Waals surface area (Å²) >= 11 is 1.62. The molecule has 0 radical (unpaired) electrons. The lowest BCUT2D eigenvalue weighted by Gasteiger charge is -2.27. The minimum atomic E-state index is -0.422. The summed E-state index contributed by atoms with van der Waals surface area (Å²) in [5.74, 6) is 0.409. The summed E-state index contributed by atoms with van der Waals surface area (Å²) in [5.41, 5.74) is 1.05. The summed E-state index contributed by atoms with van der Waals surface area (Å²) in [7, 11) is 1.59. The van der Waals surface area contributed by atoms with Crippen LogP contribution in [0, 0.1) is 0 Å². The Bertz CT molecular complexity index is 495. The van der Waals surface area contributed by atoms with Gasteiger partial charge >= 0.3 is 0 Å². The van der Waals surface area contributed by atoms with Crippen LogP contribution in [-0.4, -0.2) is 48.8 Å². The molecule has 0 aliphatic carbocycles. The smallest absolute Gasteiger partial charge is 0.243 e. The van der Waals surface area contributed by atoms with Gasteiger partial charge in [0.1, 0.15) is 11.4 Å². The van der Waals surface area contributed by atoms with Crippen molar-refractivity contribution < 1.29 is 14.3 Å². The summed E-state index contributed by atoms with van der Waals surface area (Å²) in [6.45, 7) is 2.43. The topological polar surface area (TPSA) is 58.6 Å². The molecule has 114 valence electrons. The fraction of sp³-hybridized carbons (Fsp3) is 0.467. The highest BCUT2D eigenvalue weighted by molar-refractivity contribution is 7.99. The maximum atomic E-state index is 12.2. The average molecular weight is 308 g/mol. The molecule has 1 aromatic rings. The van der Waals surface area contributed by atoms with Crippen LogP contribution in [0.4, 0.5) is 0 Å². The zero-order chi connectivity index (χ0) is 15.2. The zero-order valence-corrected chi connectivity index (χ0v) is 13.1. The third kappa shape index (κ3) is 3.77. The minimum Gasteiger partial charge on any atom is -0.383 e. The van der Waals surface area contributed by atoms with Crippen molar-refractivity contribution in [2.45, 2.75) is 18.3 Å². The number of thioether (sulfide) groups is 1. The number of ether oxygens (including phenoxy) is 1. The van der Waals surface area contributed by atoms with Crippen molar-refractivity contribution in [1.29, 1.82) is 0 Å². The van der Waals surface area contributed by atoms with Crippen LogP contribution in [0.1, 0.15) is 17.9 Å². The number of methoxy groups -OCH3 is 1. The Morgan fingerprint density at radius 2 is 2.10 bits per heavy atom. The summed E-state index contributed by atoms with van der Waals surface area (Å²) in [5, 5.41) is 2.72. The van der Waals surface area contributed by atoms with Crippen LogP contribution in [0.15, 0.2) is 30.3 Å². The second-order valence-corrected chi connectivity index (χ2v) is 5.94. The van der Waals surface area contributed by atoms with Gasteiger partial charge in [-0.2, -0.15) is 0 Å². The molecule has 0 aromatic heterocycles. The highest BCUT2D eigenvalue weighted by Crippen LogP contribution is 2.41. The number of nitrogens with zero attached hydrogens (tertiary/aromatic N) is 1. The number of amides is 2. The lowest BCUT2D eigenvalue weighted by molar-refractivity contribution is -0.138. The largest absolute Gasteiger partial charge is 0.383 e. The van der Waals surface area contributed by atoms with Gasteiger partial charge in [0, 0.05) is 26.3 Å². The van der Waals surface area contributed by atoms with Crippen LogP contribution in [0.2, 0.25) is 0 Å². The van der Waals surface area contributed by atoms with Crippen molar-refractivity contribution in [1.82, 2.24) is 10.2 Å². The first-order valence-electron chi connectivity index (χ1n) is 6.87. The molecule has 1 fully saturated rings. The van der Waals surface area contributed by atoms with E-state index < -0.39 is 6.04 Å². The van der Waals surface area contributed by atoms with E-state index in [1.165, 1.54) is 6.92 Å². The van der Waals surface area contributed by atoms with Crippen molar-refractivity contribution in [3.63, 3.8) is 0 Å². The summed E-state index contributed by atoms with van der Waals surface area (Å²) < 4.78 is 4.92. The molecule has 0 bridgehead atoms. The van der Waals surface area contributed by atoms with E-state index in [4.69, 9.17) is 4.74 Å². The molecule has 2 rings (SSSR count). The number of rotatable bonds is 5. The van der Waals surface area contributed by atoms with Crippen molar-refractivity contribution in [3.8, 4) is 0 Å². The SMILES string of the molecule is COCCNC(=O)C1CSC(c2ccccc2)N1C(C)=O. The first-order valence-corrected chi connectivity index (χ1v) is 7.92. The molecule has 1 aromatic carbocycles. The highest BCUT2D eigenvalue weighted by Gasteiger charge is 2.40. The number of carbonyl (C=O) groups is 2. The fourth-order valence-electron chi connectivity index (χ4n) is 2.36. The Morgan fingerprint density at radius 3 is 2.71 bits per heavy atom. The van der Waals surface area contributed by atoms with Gasteiger partial charge in [0.25, 0.3) is 0 Å². The molecule has 1 heterocycles. The van der Waals surface area contributed by atoms with Gasteiger partial charge in [-0.15, -0.1) is 11.8 Å². The Labute approximate surface area is 129 Å². The molecule has 5 nitrogen and oxygen atoms in total. The van der Waals surface area contributed by atoms with E-state index >= 15 is 0 Å². The van der Waals surface area contributed by atoms with Crippen molar-refractivity contribution >= 4 is 23.6 Å². The molecule has 2 atom stereocenters. The van der Waals surface area contributed by atoms with E-state index in [9.17, 15) is 9.59 Å². The van der Waals surface area contributed by atoms with Crippen molar-refractivity contribution in [3.05, 3.63) is 35.9 Å². The Kier molecular flexibility index (Phi) is 5.64. The second-order valence-electron chi connectivity index (χ2n) is 4.82. The molecular formula is C15H20N2O3S. The van der Waals surface area contributed by atoms with E-state index in [1.807, 2.05) is 30.3 Å². The van der Waals surface area contributed by atoms with Crippen LogP contribution in [0.3, 0.4) is 0 Å². The van der Waals surface area contributed by atoms with Gasteiger partial charge in [-0.3, -0.25) is 9.59 Å². The van der Waals surface area contributed by atoms with Crippen LogP contribution in [-0.2, 0) is 14.3 Å². The molecular weight excluding hydrogens is 288 g/mol. The molecule has 1 aliphatic heterocycles. The third-order valence-corrected chi connectivity index (χ3v) is 4.68. The first kappa shape index (κ1) is 15.9. The van der Waals surface area contributed by atoms with E-state index in [2.05, 4.69) is 5.32 Å². The van der Waals surface area contributed by atoms with Gasteiger partial charge in [0.15, 0.2) is 0 Å². The summed E-state index contributed by atoms with van der Waals surface area (Å²) in [4.78, 5) is 25.9. The van der Waals surface area contributed by atoms with Gasteiger partial charge in [-0.05, 0) is 5.56 Å². The second kappa shape index (κ2) is 7.47. The summed E-state index contributed by atoms with van der Waals surface area (Å²) in [6, 6.07) is 9.38. The summed E-state index contributed by atoms with van der Waals surface area (Å²) in [6.07, 6.45) is 0. The van der Waals surface area contributed by atoms with Crippen LogP contribution >= 0.6 is 11.8 Å². The van der Waals surface area contributed by atoms with Gasteiger partial charge in [0.2, 0.25) is 11.8 Å². The van der Waals surface area contributed by atoms with Crippen LogP contribution in [0.25, 0.3) is 0 Å². The van der Waals surface area contributed by atoms with E-state index in [-0.39, 0.29) is 17.2 Å². The van der Waals surface area contributed by atoms with Crippen LogP contribution < -0.4 is 5.32 Å². The maximum Gasteiger partial charge on any atom is 0.243 e. The monoisotopic (exact) mass is 308 g/mol. The van der Waals surface area contributed by atoms with Crippen molar-refractivity contribution in [2.24, 2.45) is 0 Å². The van der Waals surface area contributed by atoms with Crippen LogP contribution in [0.5, 0.6) is 0 Å². The lowest BCUT2D eigenvalue weighted by Crippen LogP contribution is -2.47. The Balaban J connectivity index is 2.10. The predicted octanol–water partition coefficient (Wildman–Crippen LogP) is 1.41. The van der Waals surface area contributed by atoms with Gasteiger partial charge in [-0.1, -0.05) is 30.3 Å². The van der Waals surface area contributed by atoms with Crippen molar-refractivity contribution in [2.75, 3.05) is 26.0 Å². The molecule has 1 aliphatic rings. The molecule has 1 N–H and O–H groups in total. The molecule has 2 amide bonds. The number of hydrogen-bond donors (Lipinski definition) is 1. The molecule has 1 saturated heterocycles. The lowest BCUT2D eigenvalue weighted by atomic mass is 10.1. The van der Waals surface area contributed by atoms with Gasteiger partial charge < -0.3 is 15.0 Å². The normalized spacial score (nSPS) is 21.3.